The molecule has 0 bridgehead atoms. The Labute approximate surface area is 543 Å². The number of aliphatic hydroxyl groups is 1. The third-order valence-electron chi connectivity index (χ3n) is 16.1. The number of carbonyl (C=O) groups is 4. The van der Waals surface area contributed by atoms with Crippen molar-refractivity contribution in [2.75, 3.05) is 39.6 Å². The Balaban J connectivity index is 5.25. The Hall–Kier alpha value is -1.94. The molecule has 0 aliphatic carbocycles. The second kappa shape index (κ2) is 59.8. The SMILES string of the molecule is CC(C)CCCCCCCCCCCCCCC(=O)OC[C@H](COP(=O)(O)OCC(O)COP(=O)(O)OC[C@@H](COC(=O)CCCCCCCCCCC(C)C)OC(=O)CCCCCCCCCC(C)C)OC(=O)CCCCCCCCCCCCC(C)C. The molecular weight excluding hydrogens is 1170 g/mol. The van der Waals surface area contributed by atoms with Gasteiger partial charge in [0.15, 0.2) is 12.2 Å². The molecule has 0 aromatic heterocycles. The molecule has 19 heteroatoms. The van der Waals surface area contributed by atoms with E-state index in [1.54, 1.807) is 0 Å². The lowest BCUT2D eigenvalue weighted by Crippen LogP contribution is -2.30. The summed E-state index contributed by atoms with van der Waals surface area (Å²) in [7, 11) is -9.90. The average Bonchev–Trinajstić information content (AvgIpc) is 3.60. The van der Waals surface area contributed by atoms with Crippen LogP contribution in [0.25, 0.3) is 0 Å². The van der Waals surface area contributed by atoms with E-state index < -0.39 is 97.5 Å². The zero-order valence-electron chi connectivity index (χ0n) is 58.1. The Morgan fingerprint density at radius 1 is 0.281 bits per heavy atom. The van der Waals surface area contributed by atoms with Crippen LogP contribution in [-0.4, -0.2) is 96.7 Å². The van der Waals surface area contributed by atoms with Crippen molar-refractivity contribution in [3.8, 4) is 0 Å². The van der Waals surface area contributed by atoms with E-state index in [0.29, 0.717) is 31.6 Å². The molecule has 89 heavy (non-hydrogen) atoms. The molecular formula is C70H136O17P2. The van der Waals surface area contributed by atoms with Crippen molar-refractivity contribution in [3.63, 3.8) is 0 Å². The smallest absolute Gasteiger partial charge is 0.462 e. The average molecular weight is 1310 g/mol. The molecule has 5 atom stereocenters. The third kappa shape index (κ3) is 64.6. The van der Waals surface area contributed by atoms with Gasteiger partial charge in [-0.1, -0.05) is 293 Å². The summed E-state index contributed by atoms with van der Waals surface area (Å²) in [5, 5.41) is 10.6. The van der Waals surface area contributed by atoms with E-state index in [4.69, 9.17) is 37.0 Å². The van der Waals surface area contributed by atoms with Crippen molar-refractivity contribution in [2.24, 2.45) is 23.7 Å². The number of hydrogen-bond acceptors (Lipinski definition) is 15. The molecule has 0 saturated carbocycles. The van der Waals surface area contributed by atoms with E-state index in [0.717, 1.165) is 108 Å². The topological polar surface area (TPSA) is 237 Å². The van der Waals surface area contributed by atoms with Crippen molar-refractivity contribution in [1.82, 2.24) is 0 Å². The molecule has 17 nitrogen and oxygen atoms in total. The molecule has 0 aromatic rings. The van der Waals surface area contributed by atoms with Gasteiger partial charge >= 0.3 is 39.5 Å². The lowest BCUT2D eigenvalue weighted by molar-refractivity contribution is -0.161. The first-order chi connectivity index (χ1) is 42.6. The first kappa shape index (κ1) is 87.1. The van der Waals surface area contributed by atoms with Gasteiger partial charge in [0.25, 0.3) is 0 Å². The fourth-order valence-corrected chi connectivity index (χ4v) is 12.1. The standard InChI is InChI=1S/C70H136O17P2/c1-60(2)46-38-30-22-15-11-9-10-12-17-26-34-42-50-67(72)80-56-65(86-69(74)52-44-36-28-18-14-13-16-23-31-39-47-61(3)4)58-84-88(76,77)82-54-64(71)55-83-89(78,79)85-59-66(87-70(75)53-45-37-29-21-25-33-41-49-63(7)8)57-81-68(73)51-43-35-27-20-19-24-32-40-48-62(5)6/h60-66,71H,9-59H2,1-8H3,(H,76,77)(H,78,79)/t64?,65-,66-/m1/s1. The summed E-state index contributed by atoms with van der Waals surface area (Å²) in [5.41, 5.74) is 0. The quantitative estimate of drug-likeness (QED) is 0.0222. The molecule has 0 aliphatic rings. The number of aliphatic hydroxyl groups excluding tert-OH is 1. The highest BCUT2D eigenvalue weighted by Crippen LogP contribution is 2.45. The van der Waals surface area contributed by atoms with Gasteiger partial charge < -0.3 is 33.8 Å². The summed E-state index contributed by atoms with van der Waals surface area (Å²) in [6.45, 7) is 14.1. The number of phosphoric ester groups is 2. The van der Waals surface area contributed by atoms with Crippen molar-refractivity contribution in [1.29, 1.82) is 0 Å². The van der Waals surface area contributed by atoms with Gasteiger partial charge in [-0.15, -0.1) is 0 Å². The van der Waals surface area contributed by atoms with E-state index in [-0.39, 0.29) is 25.7 Å². The highest BCUT2D eigenvalue weighted by atomic mass is 31.2. The van der Waals surface area contributed by atoms with Crippen LogP contribution in [0.2, 0.25) is 0 Å². The fourth-order valence-electron chi connectivity index (χ4n) is 10.5. The largest absolute Gasteiger partial charge is 0.472 e. The highest BCUT2D eigenvalue weighted by Gasteiger charge is 2.30. The summed E-state index contributed by atoms with van der Waals surface area (Å²) in [5.74, 6) is 0.825. The Morgan fingerprint density at radius 2 is 0.472 bits per heavy atom. The van der Waals surface area contributed by atoms with Crippen LogP contribution in [0.4, 0.5) is 0 Å². The van der Waals surface area contributed by atoms with Gasteiger partial charge in [-0.05, 0) is 49.4 Å². The summed E-state index contributed by atoms with van der Waals surface area (Å²) in [6, 6.07) is 0. The number of esters is 4. The van der Waals surface area contributed by atoms with Crippen molar-refractivity contribution in [2.45, 2.75) is 363 Å². The van der Waals surface area contributed by atoms with Gasteiger partial charge in [0, 0.05) is 25.7 Å². The predicted molar refractivity (Wildman–Crippen MR) is 358 cm³/mol. The predicted octanol–water partition coefficient (Wildman–Crippen LogP) is 19.7. The van der Waals surface area contributed by atoms with E-state index in [2.05, 4.69) is 55.4 Å². The molecule has 0 saturated heterocycles. The fraction of sp³-hybridized carbons (Fsp3) is 0.943. The maximum atomic E-state index is 13.0. The van der Waals surface area contributed by atoms with E-state index >= 15 is 0 Å². The maximum Gasteiger partial charge on any atom is 0.472 e. The third-order valence-corrected chi connectivity index (χ3v) is 18.0. The Bertz CT molecular complexity index is 1760. The molecule has 0 fully saturated rings. The number of ether oxygens (including phenoxy) is 4. The molecule has 0 spiro atoms. The summed E-state index contributed by atoms with van der Waals surface area (Å²) < 4.78 is 68.3. The van der Waals surface area contributed by atoms with Crippen LogP contribution >= 0.6 is 15.6 Å². The lowest BCUT2D eigenvalue weighted by atomic mass is 10.0. The number of hydrogen-bond donors (Lipinski definition) is 3. The summed E-state index contributed by atoms with van der Waals surface area (Å²) in [6.07, 6.45) is 41.8. The number of rotatable bonds is 67. The van der Waals surface area contributed by atoms with Crippen LogP contribution in [-0.2, 0) is 65.4 Å². The number of unbranched alkanes of at least 4 members (excludes halogenated alkanes) is 33. The molecule has 0 rings (SSSR count). The van der Waals surface area contributed by atoms with Gasteiger partial charge in [-0.2, -0.15) is 0 Å². The van der Waals surface area contributed by atoms with Gasteiger partial charge in [0.1, 0.15) is 19.3 Å². The zero-order chi connectivity index (χ0) is 66.1. The van der Waals surface area contributed by atoms with Crippen LogP contribution in [0.3, 0.4) is 0 Å². The van der Waals surface area contributed by atoms with Gasteiger partial charge in [0.05, 0.1) is 26.4 Å². The molecule has 528 valence electrons. The van der Waals surface area contributed by atoms with Gasteiger partial charge in [-0.3, -0.25) is 37.3 Å². The van der Waals surface area contributed by atoms with Crippen molar-refractivity contribution in [3.05, 3.63) is 0 Å². The maximum absolute atomic E-state index is 13.0. The lowest BCUT2D eigenvalue weighted by Gasteiger charge is -2.21. The van der Waals surface area contributed by atoms with Crippen LogP contribution in [0.5, 0.6) is 0 Å². The normalized spacial score (nSPS) is 14.3. The van der Waals surface area contributed by atoms with Crippen LogP contribution in [0.15, 0.2) is 0 Å². The molecule has 0 heterocycles. The van der Waals surface area contributed by atoms with Crippen LogP contribution < -0.4 is 0 Å². The Kier molecular flexibility index (Phi) is 58.5. The minimum absolute atomic E-state index is 0.102. The van der Waals surface area contributed by atoms with Gasteiger partial charge in [0.2, 0.25) is 0 Å². The molecule has 0 aromatic carbocycles. The minimum atomic E-state index is -4.95. The van der Waals surface area contributed by atoms with E-state index in [1.165, 1.54) is 148 Å². The van der Waals surface area contributed by atoms with E-state index in [9.17, 15) is 43.2 Å². The van der Waals surface area contributed by atoms with Gasteiger partial charge in [-0.25, -0.2) is 9.13 Å². The van der Waals surface area contributed by atoms with E-state index in [1.807, 2.05) is 0 Å². The zero-order valence-corrected chi connectivity index (χ0v) is 59.8. The first-order valence-corrected chi connectivity index (χ1v) is 39.2. The molecule has 0 amide bonds. The monoisotopic (exact) mass is 1310 g/mol. The number of carbonyl (C=O) groups excluding carboxylic acids is 4. The molecule has 0 radical (unpaired) electrons. The molecule has 0 aliphatic heterocycles. The Morgan fingerprint density at radius 3 is 0.697 bits per heavy atom. The molecule has 3 unspecified atom stereocenters. The summed E-state index contributed by atoms with van der Waals surface area (Å²) in [4.78, 5) is 72.5. The van der Waals surface area contributed by atoms with Crippen LogP contribution in [0.1, 0.15) is 344 Å². The second-order valence-corrected chi connectivity index (χ2v) is 30.1. The second-order valence-electron chi connectivity index (χ2n) is 27.2. The number of phosphoric acid groups is 2. The van der Waals surface area contributed by atoms with Crippen molar-refractivity contribution >= 4 is 39.5 Å². The molecule has 3 N–H and O–H groups in total. The summed E-state index contributed by atoms with van der Waals surface area (Å²) >= 11 is 0. The highest BCUT2D eigenvalue weighted by molar-refractivity contribution is 7.47. The minimum Gasteiger partial charge on any atom is -0.462 e. The first-order valence-electron chi connectivity index (χ1n) is 36.2. The van der Waals surface area contributed by atoms with Crippen molar-refractivity contribution < 1.29 is 80.2 Å². The van der Waals surface area contributed by atoms with Crippen LogP contribution in [0, 0.1) is 23.7 Å².